The van der Waals surface area contributed by atoms with Gasteiger partial charge >= 0.3 is 0 Å². The molecule has 4 nitrogen and oxygen atoms in total. The second kappa shape index (κ2) is 10.4. The molecule has 8 aromatic rings. The van der Waals surface area contributed by atoms with Gasteiger partial charge in [0.05, 0.1) is 32.6 Å². The zero-order valence-corrected chi connectivity index (χ0v) is 28.8. The summed E-state index contributed by atoms with van der Waals surface area (Å²) in [6.07, 6.45) is 0. The molecule has 48 heavy (non-hydrogen) atoms. The molecule has 0 atom stereocenters. The first-order valence-corrected chi connectivity index (χ1v) is 17.3. The van der Waals surface area contributed by atoms with E-state index in [1.54, 1.807) is 11.3 Å². The lowest BCUT2D eigenvalue weighted by atomic mass is 9.74. The largest absolute Gasteiger partial charge is 0.456 e. The molecule has 5 aromatic carbocycles. The number of thiazole rings is 1. The maximum absolute atomic E-state index is 6.71. The summed E-state index contributed by atoms with van der Waals surface area (Å²) < 4.78 is 10.3. The molecule has 0 saturated heterocycles. The number of aromatic nitrogens is 3. The minimum atomic E-state index is -0.195. The minimum absolute atomic E-state index is 0.195. The molecule has 0 bridgehead atoms. The van der Waals surface area contributed by atoms with Crippen molar-refractivity contribution in [1.82, 2.24) is 14.4 Å². The van der Waals surface area contributed by atoms with Gasteiger partial charge in [0.15, 0.2) is 4.96 Å². The molecule has 0 unspecified atom stereocenters. The number of imidazole rings is 1. The van der Waals surface area contributed by atoms with Crippen molar-refractivity contribution in [3.8, 4) is 45.1 Å². The molecule has 9 rings (SSSR count). The van der Waals surface area contributed by atoms with Crippen LogP contribution >= 0.6 is 11.3 Å². The van der Waals surface area contributed by atoms with Crippen LogP contribution in [0.4, 0.5) is 0 Å². The van der Waals surface area contributed by atoms with Crippen molar-refractivity contribution in [3.63, 3.8) is 0 Å². The van der Waals surface area contributed by atoms with Gasteiger partial charge in [-0.1, -0.05) is 91.9 Å². The molecule has 234 valence electrons. The lowest BCUT2D eigenvalue weighted by Gasteiger charge is -2.35. The fourth-order valence-electron chi connectivity index (χ4n) is 7.60. The highest BCUT2D eigenvalue weighted by atomic mass is 32.1. The number of benzene rings is 5. The third kappa shape index (κ3) is 4.13. The normalized spacial score (nSPS) is 13.5. The fraction of sp³-hybridized carbons (Fsp3) is 0.163. The molecule has 0 spiro atoms. The highest BCUT2D eigenvalue weighted by Gasteiger charge is 2.36. The van der Waals surface area contributed by atoms with Crippen LogP contribution < -0.4 is 4.74 Å². The van der Waals surface area contributed by atoms with Crippen molar-refractivity contribution >= 4 is 37.5 Å². The summed E-state index contributed by atoms with van der Waals surface area (Å²) in [6.45, 7) is 13.3. The van der Waals surface area contributed by atoms with Crippen LogP contribution in [0, 0.1) is 27.7 Å². The molecule has 0 aliphatic carbocycles. The molecule has 4 heterocycles. The van der Waals surface area contributed by atoms with Crippen molar-refractivity contribution in [1.29, 1.82) is 0 Å². The Morgan fingerprint density at radius 1 is 0.646 bits per heavy atom. The molecule has 3 aromatic heterocycles. The summed E-state index contributed by atoms with van der Waals surface area (Å²) in [6, 6.07) is 36.9. The van der Waals surface area contributed by atoms with Gasteiger partial charge in [-0.15, -0.1) is 0 Å². The molecule has 0 fully saturated rings. The predicted molar refractivity (Wildman–Crippen MR) is 200 cm³/mol. The minimum Gasteiger partial charge on any atom is -0.456 e. The number of hydrogen-bond donors (Lipinski definition) is 0. The molecule has 0 N–H and O–H groups in total. The monoisotopic (exact) mass is 641 g/mol. The average Bonchev–Trinajstić information content (AvgIpc) is 3.62. The lowest BCUT2D eigenvalue weighted by molar-refractivity contribution is 0.419. The molecule has 0 saturated carbocycles. The molecule has 1 aliphatic rings. The molecule has 5 heteroatoms. The number of hydrogen-bond acceptors (Lipinski definition) is 4. The summed E-state index contributed by atoms with van der Waals surface area (Å²) in [7, 11) is 0. The van der Waals surface area contributed by atoms with E-state index >= 15 is 0 Å². The van der Waals surface area contributed by atoms with E-state index in [0.29, 0.717) is 0 Å². The van der Waals surface area contributed by atoms with E-state index in [9.17, 15) is 0 Å². The molecule has 1 aliphatic heterocycles. The van der Waals surface area contributed by atoms with E-state index in [1.807, 2.05) is 6.07 Å². The van der Waals surface area contributed by atoms with Crippen LogP contribution in [0.2, 0.25) is 0 Å². The van der Waals surface area contributed by atoms with Crippen LogP contribution in [0.15, 0.2) is 103 Å². The van der Waals surface area contributed by atoms with Gasteiger partial charge < -0.3 is 4.74 Å². The lowest BCUT2D eigenvalue weighted by Crippen LogP contribution is -2.24. The SMILES string of the molecule is Cc1ccc(-c2c(C)ccc3c2sc2nc4ccccc4n23)cc1-c1nc(-c2c(C)ccc3c2Oc2ccccc2C3(C)C)ccc1C. The third-order valence-corrected chi connectivity index (χ3v) is 11.3. The van der Waals surface area contributed by atoms with Crippen LogP contribution in [0.3, 0.4) is 0 Å². The van der Waals surface area contributed by atoms with E-state index in [2.05, 4.69) is 143 Å². The van der Waals surface area contributed by atoms with Gasteiger partial charge in [-0.25, -0.2) is 9.97 Å². The van der Waals surface area contributed by atoms with Crippen molar-refractivity contribution in [2.24, 2.45) is 0 Å². The van der Waals surface area contributed by atoms with Crippen molar-refractivity contribution in [2.45, 2.75) is 47.0 Å². The van der Waals surface area contributed by atoms with Crippen molar-refractivity contribution in [3.05, 3.63) is 137 Å². The Morgan fingerprint density at radius 2 is 1.38 bits per heavy atom. The maximum Gasteiger partial charge on any atom is 0.195 e. The zero-order valence-electron chi connectivity index (χ0n) is 28.0. The van der Waals surface area contributed by atoms with Gasteiger partial charge in [-0.2, -0.15) is 0 Å². The number of rotatable bonds is 3. The van der Waals surface area contributed by atoms with Crippen LogP contribution in [0.5, 0.6) is 11.5 Å². The second-order valence-corrected chi connectivity index (χ2v) is 14.7. The highest BCUT2D eigenvalue weighted by molar-refractivity contribution is 7.24. The van der Waals surface area contributed by atoms with Gasteiger partial charge in [0.25, 0.3) is 0 Å². The van der Waals surface area contributed by atoms with Gasteiger partial charge in [0.1, 0.15) is 11.5 Å². The second-order valence-electron chi connectivity index (χ2n) is 13.7. The van der Waals surface area contributed by atoms with E-state index < -0.39 is 0 Å². The average molecular weight is 642 g/mol. The van der Waals surface area contributed by atoms with Gasteiger partial charge in [0, 0.05) is 33.2 Å². The Hall–Kier alpha value is -5.26. The number of aryl methyl sites for hydroxylation is 4. The predicted octanol–water partition coefficient (Wildman–Crippen LogP) is 11.8. The zero-order chi connectivity index (χ0) is 32.9. The first-order chi connectivity index (χ1) is 23.2. The number of pyridine rings is 1. The van der Waals surface area contributed by atoms with Gasteiger partial charge in [0.2, 0.25) is 0 Å². The number of nitrogens with zero attached hydrogens (tertiary/aromatic N) is 3. The quantitative estimate of drug-likeness (QED) is 0.193. The Kier molecular flexibility index (Phi) is 6.25. The van der Waals surface area contributed by atoms with E-state index in [1.165, 1.54) is 43.6 Å². The van der Waals surface area contributed by atoms with E-state index in [0.717, 1.165) is 61.1 Å². The van der Waals surface area contributed by atoms with Crippen LogP contribution in [-0.4, -0.2) is 14.4 Å². The summed E-state index contributed by atoms with van der Waals surface area (Å²) in [5.41, 5.74) is 16.8. The number of ether oxygens (including phenoxy) is 1. The Balaban J connectivity index is 1.21. The van der Waals surface area contributed by atoms with Gasteiger partial charge in [-0.3, -0.25) is 4.40 Å². The maximum atomic E-state index is 6.71. The molecule has 0 radical (unpaired) electrons. The Labute approximate surface area is 284 Å². The molecular formula is C43H35N3OS. The summed E-state index contributed by atoms with van der Waals surface area (Å²) in [5, 5.41) is 0. The number of para-hydroxylation sites is 3. The van der Waals surface area contributed by atoms with Gasteiger partial charge in [-0.05, 0) is 91.9 Å². The molecular weight excluding hydrogens is 607 g/mol. The topological polar surface area (TPSA) is 39.4 Å². The van der Waals surface area contributed by atoms with Crippen LogP contribution in [0.25, 0.3) is 59.9 Å². The standard InChI is InChI=1S/C43H35N3OS/c1-24-15-19-28(37-25(2)18-22-35-41(37)48-42-45-32-12-8-9-13-34(32)46(35)42)23-29(24)39-27(4)17-21-33(44-39)38-26(3)16-20-31-40(38)47-36-14-10-7-11-30(36)43(31,5)6/h7-23H,1-6H3. The number of fused-ring (bicyclic) bond motifs is 7. The van der Waals surface area contributed by atoms with Crippen LogP contribution in [0.1, 0.15) is 47.2 Å². The Bertz CT molecular complexity index is 2620. The third-order valence-electron chi connectivity index (χ3n) is 10.3. The Morgan fingerprint density at radius 3 is 2.25 bits per heavy atom. The van der Waals surface area contributed by atoms with Crippen LogP contribution in [-0.2, 0) is 5.41 Å². The summed E-state index contributed by atoms with van der Waals surface area (Å²) >= 11 is 1.76. The summed E-state index contributed by atoms with van der Waals surface area (Å²) in [5.74, 6) is 1.82. The molecule has 0 amide bonds. The fourth-order valence-corrected chi connectivity index (χ4v) is 8.86. The first-order valence-electron chi connectivity index (χ1n) is 16.5. The van der Waals surface area contributed by atoms with E-state index in [4.69, 9.17) is 14.7 Å². The summed E-state index contributed by atoms with van der Waals surface area (Å²) in [4.78, 5) is 11.4. The smallest absolute Gasteiger partial charge is 0.195 e. The van der Waals surface area contributed by atoms with Crippen molar-refractivity contribution < 1.29 is 4.74 Å². The highest BCUT2D eigenvalue weighted by Crippen LogP contribution is 2.52. The first kappa shape index (κ1) is 28.9. The van der Waals surface area contributed by atoms with E-state index in [-0.39, 0.29) is 5.41 Å². The van der Waals surface area contributed by atoms with Crippen molar-refractivity contribution in [2.75, 3.05) is 0 Å².